The maximum atomic E-state index is 12.3. The smallest absolute Gasteiger partial charge is 0.220 e. The number of aliphatic hydroxyl groups is 2. The number of hydrogen-bond donors (Lipinski definition) is 3. The molecule has 0 heterocycles. The van der Waals surface area contributed by atoms with E-state index in [4.69, 9.17) is 0 Å². The number of aliphatic hydroxyl groups excluding tert-OH is 2. The molecule has 0 fully saturated rings. The molecule has 2 atom stereocenters. The van der Waals surface area contributed by atoms with E-state index < -0.39 is 12.1 Å². The Kier molecular flexibility index (Phi) is 31.4. The second-order valence-electron chi connectivity index (χ2n) is 12.3. The Labute approximate surface area is 244 Å². The van der Waals surface area contributed by atoms with Crippen LogP contribution >= 0.6 is 0 Å². The molecular formula is C35H71NO3. The Morgan fingerprint density at radius 3 is 1.15 bits per heavy atom. The van der Waals surface area contributed by atoms with Gasteiger partial charge in [0.05, 0.1) is 18.8 Å². The van der Waals surface area contributed by atoms with E-state index in [-0.39, 0.29) is 12.5 Å². The fourth-order valence-electron chi connectivity index (χ4n) is 5.59. The first-order valence-electron chi connectivity index (χ1n) is 17.7. The van der Waals surface area contributed by atoms with E-state index in [9.17, 15) is 15.0 Å². The van der Waals surface area contributed by atoms with Crippen LogP contribution in [-0.2, 0) is 4.79 Å². The second-order valence-corrected chi connectivity index (χ2v) is 12.3. The standard InChI is InChI=1S/C35H71NO3/c1-3-5-7-9-11-13-14-15-16-17-18-19-20-21-23-25-27-29-31-35(39)36-33(32-37)34(38)30-28-26-24-22-12-10-8-6-4-2/h33-34,37-38H,3-32H2,1-2H3,(H,36,39). The lowest BCUT2D eigenvalue weighted by Gasteiger charge is -2.22. The van der Waals surface area contributed by atoms with Crippen molar-refractivity contribution in [2.75, 3.05) is 6.61 Å². The third kappa shape index (κ3) is 28.7. The number of carbonyl (C=O) groups excluding carboxylic acids is 1. The average Bonchev–Trinajstić information content (AvgIpc) is 2.94. The zero-order chi connectivity index (χ0) is 28.7. The monoisotopic (exact) mass is 554 g/mol. The lowest BCUT2D eigenvalue weighted by molar-refractivity contribution is -0.123. The minimum atomic E-state index is -0.649. The summed E-state index contributed by atoms with van der Waals surface area (Å²) in [7, 11) is 0. The van der Waals surface area contributed by atoms with Gasteiger partial charge in [-0.25, -0.2) is 0 Å². The Morgan fingerprint density at radius 2 is 0.821 bits per heavy atom. The molecule has 0 spiro atoms. The van der Waals surface area contributed by atoms with Gasteiger partial charge in [-0.15, -0.1) is 0 Å². The molecule has 0 bridgehead atoms. The molecule has 0 saturated heterocycles. The third-order valence-corrected chi connectivity index (χ3v) is 8.37. The number of rotatable bonds is 32. The normalized spacial score (nSPS) is 13.0. The molecule has 39 heavy (non-hydrogen) atoms. The molecule has 4 nitrogen and oxygen atoms in total. The second kappa shape index (κ2) is 31.9. The quantitative estimate of drug-likeness (QED) is 0.0726. The maximum absolute atomic E-state index is 12.3. The fourth-order valence-corrected chi connectivity index (χ4v) is 5.59. The molecule has 0 aliphatic heterocycles. The van der Waals surface area contributed by atoms with Crippen LogP contribution in [0.4, 0.5) is 0 Å². The molecule has 4 heteroatoms. The molecule has 1 amide bonds. The summed E-state index contributed by atoms with van der Waals surface area (Å²) in [4.78, 5) is 12.3. The first-order chi connectivity index (χ1) is 19.2. The van der Waals surface area contributed by atoms with Gasteiger partial charge in [0, 0.05) is 6.42 Å². The summed E-state index contributed by atoms with van der Waals surface area (Å²) in [6.07, 6.45) is 35.9. The van der Waals surface area contributed by atoms with Gasteiger partial charge in [0.2, 0.25) is 5.91 Å². The molecule has 0 aromatic rings. The number of unbranched alkanes of at least 4 members (excludes halogenated alkanes) is 25. The molecule has 0 radical (unpaired) electrons. The summed E-state index contributed by atoms with van der Waals surface area (Å²) >= 11 is 0. The predicted molar refractivity (Wildman–Crippen MR) is 170 cm³/mol. The van der Waals surface area contributed by atoms with Crippen LogP contribution in [0.1, 0.15) is 200 Å². The lowest BCUT2D eigenvalue weighted by atomic mass is 10.0. The summed E-state index contributed by atoms with van der Waals surface area (Å²) < 4.78 is 0. The lowest BCUT2D eigenvalue weighted by Crippen LogP contribution is -2.45. The Morgan fingerprint density at radius 1 is 0.513 bits per heavy atom. The van der Waals surface area contributed by atoms with Crippen LogP contribution in [0.3, 0.4) is 0 Å². The molecule has 2 unspecified atom stereocenters. The van der Waals surface area contributed by atoms with E-state index >= 15 is 0 Å². The van der Waals surface area contributed by atoms with E-state index in [1.54, 1.807) is 0 Å². The van der Waals surface area contributed by atoms with Crippen molar-refractivity contribution in [1.29, 1.82) is 0 Å². The topological polar surface area (TPSA) is 69.6 Å². The maximum Gasteiger partial charge on any atom is 0.220 e. The predicted octanol–water partition coefficient (Wildman–Crippen LogP) is 10.2. The van der Waals surface area contributed by atoms with Crippen LogP contribution < -0.4 is 5.32 Å². The van der Waals surface area contributed by atoms with Crippen LogP contribution in [-0.4, -0.2) is 34.9 Å². The third-order valence-electron chi connectivity index (χ3n) is 8.37. The van der Waals surface area contributed by atoms with Crippen LogP contribution in [0.25, 0.3) is 0 Å². The number of carbonyl (C=O) groups is 1. The van der Waals surface area contributed by atoms with Crippen molar-refractivity contribution < 1.29 is 15.0 Å². The molecule has 0 aliphatic rings. The molecule has 0 saturated carbocycles. The number of hydrogen-bond acceptors (Lipinski definition) is 3. The summed E-state index contributed by atoms with van der Waals surface area (Å²) in [6.45, 7) is 4.34. The highest BCUT2D eigenvalue weighted by molar-refractivity contribution is 5.76. The van der Waals surface area contributed by atoms with Crippen molar-refractivity contribution in [3.05, 3.63) is 0 Å². The number of nitrogens with one attached hydrogen (secondary N) is 1. The molecule has 0 aromatic carbocycles. The van der Waals surface area contributed by atoms with E-state index in [1.165, 1.54) is 148 Å². The van der Waals surface area contributed by atoms with Crippen molar-refractivity contribution in [3.63, 3.8) is 0 Å². The molecular weight excluding hydrogens is 482 g/mol. The van der Waals surface area contributed by atoms with Gasteiger partial charge in [0.15, 0.2) is 0 Å². The van der Waals surface area contributed by atoms with E-state index in [2.05, 4.69) is 19.2 Å². The highest BCUT2D eigenvalue weighted by Gasteiger charge is 2.19. The summed E-state index contributed by atoms with van der Waals surface area (Å²) in [5.41, 5.74) is 0. The van der Waals surface area contributed by atoms with Crippen molar-refractivity contribution >= 4 is 5.91 Å². The van der Waals surface area contributed by atoms with Gasteiger partial charge in [-0.2, -0.15) is 0 Å². The van der Waals surface area contributed by atoms with Gasteiger partial charge >= 0.3 is 0 Å². The summed E-state index contributed by atoms with van der Waals surface area (Å²) in [5.74, 6) is -0.0309. The fraction of sp³-hybridized carbons (Fsp3) is 0.971. The molecule has 0 rings (SSSR count). The summed E-state index contributed by atoms with van der Waals surface area (Å²) in [6, 6.07) is -0.526. The average molecular weight is 554 g/mol. The number of amides is 1. The van der Waals surface area contributed by atoms with Crippen molar-refractivity contribution in [1.82, 2.24) is 5.32 Å². The SMILES string of the molecule is CCCCCCCCCCCCCCCCCCCCC(=O)NC(CO)C(O)CCCCCCCCCCC. The highest BCUT2D eigenvalue weighted by atomic mass is 16.3. The van der Waals surface area contributed by atoms with Gasteiger partial charge in [0.25, 0.3) is 0 Å². The zero-order valence-corrected chi connectivity index (χ0v) is 26.7. The van der Waals surface area contributed by atoms with Gasteiger partial charge in [-0.1, -0.05) is 181 Å². The van der Waals surface area contributed by atoms with Crippen LogP contribution in [0.2, 0.25) is 0 Å². The van der Waals surface area contributed by atoms with Crippen LogP contribution in [0, 0.1) is 0 Å². The Bertz CT molecular complexity index is 485. The van der Waals surface area contributed by atoms with Gasteiger partial charge in [-0.3, -0.25) is 4.79 Å². The van der Waals surface area contributed by atoms with Crippen molar-refractivity contribution in [2.24, 2.45) is 0 Å². The van der Waals surface area contributed by atoms with Crippen molar-refractivity contribution in [2.45, 2.75) is 212 Å². The minimum Gasteiger partial charge on any atom is -0.394 e. The van der Waals surface area contributed by atoms with Gasteiger partial charge in [-0.05, 0) is 12.8 Å². The van der Waals surface area contributed by atoms with Crippen molar-refractivity contribution in [3.8, 4) is 0 Å². The first-order valence-corrected chi connectivity index (χ1v) is 17.7. The zero-order valence-electron chi connectivity index (χ0n) is 26.7. The molecule has 0 aromatic heterocycles. The summed E-state index contributed by atoms with van der Waals surface area (Å²) in [5, 5.41) is 22.9. The van der Waals surface area contributed by atoms with Gasteiger partial charge < -0.3 is 15.5 Å². The Hall–Kier alpha value is -0.610. The first kappa shape index (κ1) is 38.4. The van der Waals surface area contributed by atoms with E-state index in [0.29, 0.717) is 12.8 Å². The van der Waals surface area contributed by atoms with E-state index in [1.807, 2.05) is 0 Å². The largest absolute Gasteiger partial charge is 0.394 e. The minimum absolute atomic E-state index is 0.0309. The molecule has 3 N–H and O–H groups in total. The highest BCUT2D eigenvalue weighted by Crippen LogP contribution is 2.15. The van der Waals surface area contributed by atoms with Crippen LogP contribution in [0.5, 0.6) is 0 Å². The van der Waals surface area contributed by atoms with Crippen LogP contribution in [0.15, 0.2) is 0 Å². The van der Waals surface area contributed by atoms with Gasteiger partial charge in [0.1, 0.15) is 0 Å². The molecule has 234 valence electrons. The molecule has 0 aliphatic carbocycles. The van der Waals surface area contributed by atoms with E-state index in [0.717, 1.165) is 25.7 Å². The Balaban J connectivity index is 3.48.